The van der Waals surface area contributed by atoms with Gasteiger partial charge in [-0.05, 0) is 37.1 Å². The normalized spacial score (nSPS) is 17.9. The van der Waals surface area contributed by atoms with Gasteiger partial charge in [-0.3, -0.25) is 0 Å². The number of fused-ring (bicyclic) bond motifs is 4. The fourth-order valence-corrected chi connectivity index (χ4v) is 9.62. The molecule has 2 atom stereocenters. The van der Waals surface area contributed by atoms with Crippen LogP contribution in [0.1, 0.15) is 96.9 Å². The molecule has 4 heterocycles. The first kappa shape index (κ1) is 38.6. The van der Waals surface area contributed by atoms with Crippen LogP contribution in [0.4, 0.5) is 11.5 Å². The van der Waals surface area contributed by atoms with Crippen LogP contribution in [0.3, 0.4) is 0 Å². The van der Waals surface area contributed by atoms with Gasteiger partial charge in [-0.15, -0.1) is 0 Å². The van der Waals surface area contributed by atoms with E-state index < -0.39 is 0 Å². The Balaban J connectivity index is 1.19. The van der Waals surface area contributed by atoms with Crippen molar-refractivity contribution in [1.82, 2.24) is 19.0 Å². The second-order valence-electron chi connectivity index (χ2n) is 19.2. The average molecular weight is 927 g/mol. The molecule has 2 aliphatic heterocycles. The van der Waals surface area contributed by atoms with Crippen LogP contribution >= 0.6 is 0 Å². The van der Waals surface area contributed by atoms with Gasteiger partial charge in [0.25, 0.3) is 0 Å². The molecule has 0 spiro atoms. The Morgan fingerprint density at radius 1 is 0.643 bits per heavy atom. The summed E-state index contributed by atoms with van der Waals surface area (Å²) >= 11 is 2.50. The maximum absolute atomic E-state index is 6.80. The van der Waals surface area contributed by atoms with Crippen LogP contribution in [0.2, 0.25) is 0 Å². The molecule has 6 nitrogen and oxygen atoms in total. The van der Waals surface area contributed by atoms with Gasteiger partial charge in [-0.2, -0.15) is 0 Å². The summed E-state index contributed by atoms with van der Waals surface area (Å²) in [6, 6.07) is 35.5. The molecule has 0 radical (unpaired) electrons. The van der Waals surface area contributed by atoms with Gasteiger partial charge in [0.15, 0.2) is 0 Å². The Bertz CT molecular complexity index is 2460. The number of anilines is 2. The predicted molar refractivity (Wildman–Crippen MR) is 228 cm³/mol. The third-order valence-electron chi connectivity index (χ3n) is 11.9. The molecule has 8 rings (SSSR count). The second-order valence-corrected chi connectivity index (χ2v) is 20.2. The maximum atomic E-state index is 6.80. The third kappa shape index (κ3) is 7.36. The number of hydrogen-bond donors (Lipinski definition) is 0. The van der Waals surface area contributed by atoms with Gasteiger partial charge < -0.3 is 4.90 Å². The van der Waals surface area contributed by atoms with Gasteiger partial charge in [0.2, 0.25) is 0 Å². The van der Waals surface area contributed by atoms with Gasteiger partial charge in [-0.25, -0.2) is 0 Å². The van der Waals surface area contributed by atoms with E-state index in [1.54, 1.807) is 0 Å². The molecule has 0 aliphatic carbocycles. The summed E-state index contributed by atoms with van der Waals surface area (Å²) in [5.41, 5.74) is 11.2. The molecule has 56 heavy (non-hydrogen) atoms. The summed E-state index contributed by atoms with van der Waals surface area (Å²) in [6.07, 6.45) is 3.16. The van der Waals surface area contributed by atoms with Crippen molar-refractivity contribution < 1.29 is 24.1 Å². The number of hydrogen-bond acceptors (Lipinski definition) is 4. The summed E-state index contributed by atoms with van der Waals surface area (Å²) < 4.78 is 12.7. The molecule has 0 amide bonds. The van der Waals surface area contributed by atoms with Crippen molar-refractivity contribution in [2.75, 3.05) is 31.6 Å². The van der Waals surface area contributed by atoms with E-state index in [2.05, 4.69) is 205 Å². The Morgan fingerprint density at radius 3 is 1.95 bits per heavy atom. The third-order valence-corrected chi connectivity index (χ3v) is 12.9. The van der Waals surface area contributed by atoms with E-state index in [0.29, 0.717) is 11.8 Å². The minimum absolute atomic E-state index is 0.0153. The fraction of sp³-hybridized carbons (Fsp3) is 0.388. The van der Waals surface area contributed by atoms with Crippen LogP contribution in [0.5, 0.6) is 11.5 Å². The zero-order valence-electron chi connectivity index (χ0n) is 34.8. The number of nitrogens with zero attached hydrogens (tertiary/aromatic N) is 5. The van der Waals surface area contributed by atoms with Crippen molar-refractivity contribution in [1.29, 1.82) is 0 Å². The van der Waals surface area contributed by atoms with Crippen molar-refractivity contribution in [2.45, 2.75) is 90.9 Å². The van der Waals surface area contributed by atoms with Crippen molar-refractivity contribution >= 4 is 22.5 Å². The number of likely N-dealkylation sites (tertiary alicyclic amines) is 1. The number of likely N-dealkylation sites (N-methyl/N-ethyl adjacent to an activating group) is 1. The molecule has 2 aliphatic rings. The number of para-hydroxylation sites is 2. The number of piperidine rings is 1. The second kappa shape index (κ2) is 14.3. The molecule has 2 aromatic heterocycles. The van der Waals surface area contributed by atoms with Crippen molar-refractivity contribution in [3.63, 3.8) is 0 Å². The van der Waals surface area contributed by atoms with E-state index in [1.165, 1.54) is 45.6 Å². The molecule has 2 unspecified atom stereocenters. The van der Waals surface area contributed by atoms with Crippen molar-refractivity contribution in [3.8, 4) is 22.9 Å². The molecule has 1 saturated heterocycles. The molecule has 0 N–H and O–H groups in total. The Kier molecular flexibility index (Phi) is 9.85. The fourth-order valence-electron chi connectivity index (χ4n) is 8.48. The van der Waals surface area contributed by atoms with Crippen molar-refractivity contribution in [3.05, 3.63) is 129 Å². The monoisotopic (exact) mass is 926 g/mol. The van der Waals surface area contributed by atoms with E-state index in [0.717, 1.165) is 52.0 Å². The van der Waals surface area contributed by atoms with Crippen LogP contribution < -0.4 is 9.64 Å². The number of rotatable bonds is 5. The topological polar surface area (TPSA) is 38.5 Å². The molecule has 0 bridgehead atoms. The molecule has 6 aromatic rings. The summed E-state index contributed by atoms with van der Waals surface area (Å²) in [5, 5.41) is 0. The first-order valence-electron chi connectivity index (χ1n) is 20.1. The Labute approximate surface area is 344 Å². The van der Waals surface area contributed by atoms with Gasteiger partial charge in [0, 0.05) is 6.20 Å². The molecule has 294 valence electrons. The van der Waals surface area contributed by atoms with E-state index in [9.17, 15) is 0 Å². The van der Waals surface area contributed by atoms with Gasteiger partial charge in [0.1, 0.15) is 0 Å². The molecule has 1 fully saturated rings. The molecular formula is C49H57N5OPt. The van der Waals surface area contributed by atoms with Crippen LogP contribution in [-0.4, -0.2) is 45.7 Å². The molecular weight excluding hydrogens is 870 g/mol. The summed E-state index contributed by atoms with van der Waals surface area (Å²) in [5.74, 6) is 3.72. The van der Waals surface area contributed by atoms with Crippen LogP contribution in [-0.2, 0) is 35.6 Å². The number of aromatic nitrogens is 3. The standard InChI is InChI=1S/C49H57N5O.Pt/c1-47(2,3)34-20-22-50-46(27-34)52-30-33-21-23-51(10)31-42(33)41-19-18-40(29-45(41)52)55-39-15-13-14-37(28-39)53-32-54(44-17-12-11-16-43(44)53)38-25-35(48(4,5)6)24-36(26-38)49(7,8)9;/h11-20,22,24-29,33,42H,21,23,30-31H2,1-10H3;. The van der Waals surface area contributed by atoms with E-state index in [1.807, 2.05) is 6.20 Å². The minimum atomic E-state index is 0.0153. The van der Waals surface area contributed by atoms with Gasteiger partial charge >= 0.3 is 277 Å². The van der Waals surface area contributed by atoms with Crippen LogP contribution in [0, 0.1) is 9.72 Å². The van der Waals surface area contributed by atoms with E-state index in [-0.39, 0.29) is 16.2 Å². The van der Waals surface area contributed by atoms with E-state index in [4.69, 9.17) is 9.72 Å². The number of benzene rings is 4. The van der Waals surface area contributed by atoms with Crippen LogP contribution in [0.15, 0.2) is 103 Å². The number of imidazole rings is 1. The summed E-state index contributed by atoms with van der Waals surface area (Å²) in [4.78, 5) is 9.88. The predicted octanol–water partition coefficient (Wildman–Crippen LogP) is 11.8. The van der Waals surface area contributed by atoms with Crippen LogP contribution in [0.25, 0.3) is 22.4 Å². The first-order chi connectivity index (χ1) is 26.5. The van der Waals surface area contributed by atoms with E-state index >= 15 is 0 Å². The SMILES string of the molecule is CN1CCC2CN(c3cc(C(C)(C)C)ccn3)c3cc(Oc4cccc(-n5[c](=[Pt])n(-c6cc(C(C)(C)C)cc(C(C)(C)C)c6)c6ccccc65)c4)ccc3C2C1. The quantitative estimate of drug-likeness (QED) is 0.173. The Hall–Kier alpha value is -4.25. The zero-order valence-corrected chi connectivity index (χ0v) is 37.0. The first-order valence-corrected chi connectivity index (χ1v) is 21.3. The van der Waals surface area contributed by atoms with Crippen molar-refractivity contribution in [2.24, 2.45) is 5.92 Å². The molecule has 0 saturated carbocycles. The molecule has 7 heteroatoms. The average Bonchev–Trinajstić information content (AvgIpc) is 3.45. The molecule has 4 aromatic carbocycles. The van der Waals surface area contributed by atoms with Gasteiger partial charge in [-0.1, -0.05) is 20.8 Å². The number of pyridine rings is 1. The van der Waals surface area contributed by atoms with Gasteiger partial charge in [0.05, 0.1) is 0 Å². The summed E-state index contributed by atoms with van der Waals surface area (Å²) in [7, 11) is 2.25. The summed E-state index contributed by atoms with van der Waals surface area (Å²) in [6.45, 7) is 23.8. The Morgan fingerprint density at radius 2 is 1.29 bits per heavy atom. The zero-order chi connectivity index (χ0) is 39.7. The number of ether oxygens (including phenoxy) is 1.